The summed E-state index contributed by atoms with van der Waals surface area (Å²) in [6.07, 6.45) is 4.34. The Labute approximate surface area is 149 Å². The maximum atomic E-state index is 12.6. The largest absolute Gasteiger partial charge is 0.378 e. The van der Waals surface area contributed by atoms with Gasteiger partial charge in [0.15, 0.2) is 0 Å². The van der Waals surface area contributed by atoms with Crippen molar-refractivity contribution in [2.45, 2.75) is 65.1 Å². The summed E-state index contributed by atoms with van der Waals surface area (Å²) in [4.78, 5) is 17.1. The van der Waals surface area contributed by atoms with Crippen molar-refractivity contribution in [2.75, 3.05) is 6.61 Å². The highest BCUT2D eigenvalue weighted by atomic mass is 16.5. The van der Waals surface area contributed by atoms with Gasteiger partial charge in [0.1, 0.15) is 12.4 Å². The fourth-order valence-corrected chi connectivity index (χ4v) is 3.91. The van der Waals surface area contributed by atoms with Crippen molar-refractivity contribution in [1.29, 1.82) is 0 Å². The number of fused-ring (bicyclic) bond motifs is 1. The number of nitrogens with zero attached hydrogens (tertiary/aromatic N) is 2. The van der Waals surface area contributed by atoms with Crippen LogP contribution in [0, 0.1) is 12.8 Å². The Balaban J connectivity index is 1.63. The molecule has 0 spiro atoms. The van der Waals surface area contributed by atoms with Crippen molar-refractivity contribution in [3.63, 3.8) is 0 Å². The maximum absolute atomic E-state index is 12.6. The zero-order valence-electron chi connectivity index (χ0n) is 15.5. The van der Waals surface area contributed by atoms with Gasteiger partial charge in [0, 0.05) is 12.6 Å². The molecule has 0 saturated carbocycles. The predicted molar refractivity (Wildman–Crippen MR) is 99.4 cm³/mol. The lowest BCUT2D eigenvalue weighted by Gasteiger charge is -2.34. The third kappa shape index (κ3) is 4.03. The SMILES string of the molecule is CCC(CC)[C@H]1C[C@H](NC(=O)Cn2c(C)nc3ccccc32)CCO1. The number of amides is 1. The summed E-state index contributed by atoms with van der Waals surface area (Å²) >= 11 is 0. The molecule has 1 fully saturated rings. The first-order valence-electron chi connectivity index (χ1n) is 9.45. The molecule has 1 saturated heterocycles. The number of hydrogen-bond donors (Lipinski definition) is 1. The normalized spacial score (nSPS) is 21.0. The minimum Gasteiger partial charge on any atom is -0.378 e. The van der Waals surface area contributed by atoms with Gasteiger partial charge in [0.05, 0.1) is 17.1 Å². The number of carbonyl (C=O) groups is 1. The third-order valence-electron chi connectivity index (χ3n) is 5.40. The van der Waals surface area contributed by atoms with E-state index in [2.05, 4.69) is 24.1 Å². The first-order chi connectivity index (χ1) is 12.1. The molecular weight excluding hydrogens is 314 g/mol. The van der Waals surface area contributed by atoms with Crippen LogP contribution < -0.4 is 5.32 Å². The summed E-state index contributed by atoms with van der Waals surface area (Å²) in [5.74, 6) is 1.51. The van der Waals surface area contributed by atoms with Crippen LogP contribution in [0.25, 0.3) is 11.0 Å². The number of hydrogen-bond acceptors (Lipinski definition) is 3. The van der Waals surface area contributed by atoms with Crippen molar-refractivity contribution in [1.82, 2.24) is 14.9 Å². The van der Waals surface area contributed by atoms with Crippen LogP contribution in [-0.2, 0) is 16.1 Å². The van der Waals surface area contributed by atoms with Gasteiger partial charge in [-0.05, 0) is 37.8 Å². The number of imidazole rings is 1. The van der Waals surface area contributed by atoms with Gasteiger partial charge in [-0.1, -0.05) is 38.8 Å². The Kier molecular flexibility index (Phi) is 5.74. The number of benzene rings is 1. The van der Waals surface area contributed by atoms with E-state index < -0.39 is 0 Å². The van der Waals surface area contributed by atoms with Crippen molar-refractivity contribution >= 4 is 16.9 Å². The fraction of sp³-hybridized carbons (Fsp3) is 0.600. The lowest BCUT2D eigenvalue weighted by Crippen LogP contribution is -2.45. The monoisotopic (exact) mass is 343 g/mol. The zero-order valence-corrected chi connectivity index (χ0v) is 15.5. The van der Waals surface area contributed by atoms with Crippen LogP contribution in [0.15, 0.2) is 24.3 Å². The van der Waals surface area contributed by atoms with Gasteiger partial charge in [0.25, 0.3) is 0 Å². The first kappa shape index (κ1) is 17.9. The average Bonchev–Trinajstić information content (AvgIpc) is 2.92. The van der Waals surface area contributed by atoms with Crippen molar-refractivity contribution in [2.24, 2.45) is 5.92 Å². The number of nitrogens with one attached hydrogen (secondary N) is 1. The molecule has 0 unspecified atom stereocenters. The second-order valence-corrected chi connectivity index (χ2v) is 7.01. The highest BCUT2D eigenvalue weighted by molar-refractivity contribution is 5.81. The molecule has 136 valence electrons. The molecule has 0 bridgehead atoms. The molecule has 1 aliphatic rings. The lowest BCUT2D eigenvalue weighted by atomic mass is 9.89. The molecule has 25 heavy (non-hydrogen) atoms. The highest BCUT2D eigenvalue weighted by Gasteiger charge is 2.28. The third-order valence-corrected chi connectivity index (χ3v) is 5.40. The highest BCUT2D eigenvalue weighted by Crippen LogP contribution is 2.25. The van der Waals surface area contributed by atoms with E-state index in [0.29, 0.717) is 12.5 Å². The van der Waals surface area contributed by atoms with Gasteiger partial charge < -0.3 is 14.6 Å². The number of aryl methyl sites for hydroxylation is 1. The van der Waals surface area contributed by atoms with Crippen LogP contribution in [0.2, 0.25) is 0 Å². The molecule has 2 heterocycles. The summed E-state index contributed by atoms with van der Waals surface area (Å²) in [5.41, 5.74) is 1.95. The van der Waals surface area contributed by atoms with Gasteiger partial charge in [0.2, 0.25) is 5.91 Å². The molecule has 2 aromatic rings. The van der Waals surface area contributed by atoms with Crippen LogP contribution in [0.3, 0.4) is 0 Å². The van der Waals surface area contributed by atoms with E-state index in [0.717, 1.165) is 49.1 Å². The van der Waals surface area contributed by atoms with Crippen molar-refractivity contribution < 1.29 is 9.53 Å². The molecule has 5 heteroatoms. The van der Waals surface area contributed by atoms with E-state index in [9.17, 15) is 4.79 Å². The van der Waals surface area contributed by atoms with Crippen molar-refractivity contribution in [3.05, 3.63) is 30.1 Å². The van der Waals surface area contributed by atoms with Crippen molar-refractivity contribution in [3.8, 4) is 0 Å². The molecule has 2 atom stereocenters. The number of ether oxygens (including phenoxy) is 1. The standard InChI is InChI=1S/C20H29N3O2/c1-4-15(5-2)19-12-16(10-11-25-19)22-20(24)13-23-14(3)21-17-8-6-7-9-18(17)23/h6-9,15-16,19H,4-5,10-13H2,1-3H3,(H,22,24)/t16-,19-/m1/s1. The summed E-state index contributed by atoms with van der Waals surface area (Å²) in [6, 6.07) is 8.16. The molecule has 1 N–H and O–H groups in total. The number of rotatable bonds is 6. The molecule has 1 aromatic heterocycles. The topological polar surface area (TPSA) is 56.2 Å². The van der Waals surface area contributed by atoms with Crippen LogP contribution in [0.1, 0.15) is 45.4 Å². The molecule has 0 aliphatic carbocycles. The predicted octanol–water partition coefficient (Wildman–Crippen LogP) is 3.44. The summed E-state index contributed by atoms with van der Waals surface area (Å²) < 4.78 is 7.94. The molecule has 0 radical (unpaired) electrons. The molecular formula is C20H29N3O2. The average molecular weight is 343 g/mol. The Morgan fingerprint density at radius 1 is 1.36 bits per heavy atom. The first-order valence-corrected chi connectivity index (χ1v) is 9.45. The lowest BCUT2D eigenvalue weighted by molar-refractivity contribution is -0.123. The van der Waals surface area contributed by atoms with E-state index in [-0.39, 0.29) is 18.1 Å². The van der Waals surface area contributed by atoms with E-state index in [4.69, 9.17) is 4.74 Å². The number of para-hydroxylation sites is 2. The quantitative estimate of drug-likeness (QED) is 0.874. The smallest absolute Gasteiger partial charge is 0.240 e. The summed E-state index contributed by atoms with van der Waals surface area (Å²) in [6.45, 7) is 7.43. The second-order valence-electron chi connectivity index (χ2n) is 7.01. The number of aromatic nitrogens is 2. The van der Waals surface area contributed by atoms with Gasteiger partial charge in [-0.3, -0.25) is 4.79 Å². The molecule has 1 aliphatic heterocycles. The van der Waals surface area contributed by atoms with Gasteiger partial charge in [-0.25, -0.2) is 4.98 Å². The van der Waals surface area contributed by atoms with Crippen LogP contribution in [-0.4, -0.2) is 34.2 Å². The molecule has 5 nitrogen and oxygen atoms in total. The van der Waals surface area contributed by atoms with E-state index in [1.54, 1.807) is 0 Å². The summed E-state index contributed by atoms with van der Waals surface area (Å²) in [5, 5.41) is 3.21. The maximum Gasteiger partial charge on any atom is 0.240 e. The van der Waals surface area contributed by atoms with E-state index >= 15 is 0 Å². The van der Waals surface area contributed by atoms with Gasteiger partial charge >= 0.3 is 0 Å². The fourth-order valence-electron chi connectivity index (χ4n) is 3.91. The Morgan fingerprint density at radius 2 is 2.12 bits per heavy atom. The van der Waals surface area contributed by atoms with Crippen LogP contribution in [0.4, 0.5) is 0 Å². The Morgan fingerprint density at radius 3 is 2.88 bits per heavy atom. The Bertz CT molecular complexity index is 721. The molecule has 1 amide bonds. The molecule has 1 aromatic carbocycles. The van der Waals surface area contributed by atoms with Crippen LogP contribution in [0.5, 0.6) is 0 Å². The second kappa shape index (κ2) is 8.00. The summed E-state index contributed by atoms with van der Waals surface area (Å²) in [7, 11) is 0. The van der Waals surface area contributed by atoms with Crippen LogP contribution >= 0.6 is 0 Å². The van der Waals surface area contributed by atoms with Gasteiger partial charge in [-0.2, -0.15) is 0 Å². The molecule has 3 rings (SSSR count). The minimum absolute atomic E-state index is 0.0569. The van der Waals surface area contributed by atoms with Gasteiger partial charge in [-0.15, -0.1) is 0 Å². The van der Waals surface area contributed by atoms with E-state index in [1.165, 1.54) is 0 Å². The van der Waals surface area contributed by atoms with E-state index in [1.807, 2.05) is 35.8 Å². The zero-order chi connectivity index (χ0) is 17.8. The minimum atomic E-state index is 0.0569. The number of carbonyl (C=O) groups excluding carboxylic acids is 1. The Hall–Kier alpha value is -1.88.